The van der Waals surface area contributed by atoms with Gasteiger partial charge >= 0.3 is 11.6 Å². The Balaban J connectivity index is 2.27. The first-order valence-corrected chi connectivity index (χ1v) is 7.59. The highest BCUT2D eigenvalue weighted by molar-refractivity contribution is 5.89. The predicted molar refractivity (Wildman–Crippen MR) is 89.1 cm³/mol. The first kappa shape index (κ1) is 15.8. The molecule has 3 aromatic rings. The van der Waals surface area contributed by atoms with Gasteiger partial charge in [-0.05, 0) is 24.6 Å². The van der Waals surface area contributed by atoms with E-state index >= 15 is 0 Å². The topological polar surface area (TPSA) is 76.7 Å². The molecule has 1 atom stereocenters. The predicted octanol–water partition coefficient (Wildman–Crippen LogP) is 3.19. The minimum absolute atomic E-state index is 0.113. The quantitative estimate of drug-likeness (QED) is 0.589. The van der Waals surface area contributed by atoms with E-state index in [9.17, 15) is 14.7 Å². The van der Waals surface area contributed by atoms with Gasteiger partial charge in [0, 0.05) is 0 Å². The van der Waals surface area contributed by atoms with E-state index in [1.54, 1.807) is 61.5 Å². The number of rotatable bonds is 4. The van der Waals surface area contributed by atoms with E-state index in [1.807, 2.05) is 0 Å². The van der Waals surface area contributed by atoms with Crippen molar-refractivity contribution in [1.29, 1.82) is 0 Å². The van der Waals surface area contributed by atoms with Gasteiger partial charge in [-0.3, -0.25) is 4.79 Å². The average Bonchev–Trinajstić information content (AvgIpc) is 2.59. The van der Waals surface area contributed by atoms with Gasteiger partial charge in [0.05, 0.1) is 17.6 Å². The van der Waals surface area contributed by atoms with Crippen LogP contribution in [-0.2, 0) is 9.53 Å². The van der Waals surface area contributed by atoms with Crippen LogP contribution in [0, 0.1) is 0 Å². The summed E-state index contributed by atoms with van der Waals surface area (Å²) < 4.78 is 10.4. The van der Waals surface area contributed by atoms with Crippen LogP contribution in [0.3, 0.4) is 0 Å². The van der Waals surface area contributed by atoms with Crippen LogP contribution in [0.15, 0.2) is 63.8 Å². The molecule has 0 radical (unpaired) electrons. The summed E-state index contributed by atoms with van der Waals surface area (Å²) >= 11 is 0. The minimum Gasteiger partial charge on any atom is -0.507 e. The van der Waals surface area contributed by atoms with Gasteiger partial charge in [0.25, 0.3) is 0 Å². The Hall–Kier alpha value is -3.08. The normalized spacial score (nSPS) is 12.0. The van der Waals surface area contributed by atoms with Crippen molar-refractivity contribution in [3.05, 3.63) is 76.1 Å². The monoisotopic (exact) mass is 324 g/mol. The van der Waals surface area contributed by atoms with Crippen molar-refractivity contribution < 1.29 is 19.1 Å². The van der Waals surface area contributed by atoms with E-state index in [1.165, 1.54) is 0 Å². The lowest BCUT2D eigenvalue weighted by Crippen LogP contribution is -2.23. The van der Waals surface area contributed by atoms with Crippen LogP contribution in [0.4, 0.5) is 0 Å². The van der Waals surface area contributed by atoms with Gasteiger partial charge in [-0.25, -0.2) is 4.79 Å². The Labute approximate surface area is 138 Å². The highest BCUT2D eigenvalue weighted by Crippen LogP contribution is 2.34. The number of hydrogen-bond donors (Lipinski definition) is 1. The molecule has 1 N–H and O–H groups in total. The Morgan fingerprint density at radius 1 is 1.12 bits per heavy atom. The number of carbonyl (C=O) groups excluding carboxylic acids is 1. The smallest absolute Gasteiger partial charge is 0.344 e. The summed E-state index contributed by atoms with van der Waals surface area (Å²) in [5, 5.41) is 11.0. The van der Waals surface area contributed by atoms with Crippen molar-refractivity contribution in [1.82, 2.24) is 0 Å². The Kier molecular flexibility index (Phi) is 4.33. The van der Waals surface area contributed by atoms with E-state index in [0.29, 0.717) is 10.9 Å². The summed E-state index contributed by atoms with van der Waals surface area (Å²) in [5.41, 5.74) is -0.0558. The summed E-state index contributed by atoms with van der Waals surface area (Å²) in [6, 6.07) is 15.3. The molecule has 0 aliphatic heterocycles. The van der Waals surface area contributed by atoms with E-state index < -0.39 is 17.5 Å². The molecule has 1 heterocycles. The number of benzene rings is 2. The SMILES string of the molecule is CCOC(=O)C(c1ccccc1)c1c(O)c2ccccc2oc1=O. The molecule has 0 saturated heterocycles. The third-order valence-electron chi connectivity index (χ3n) is 3.76. The molecule has 122 valence electrons. The van der Waals surface area contributed by atoms with Crippen molar-refractivity contribution in [3.63, 3.8) is 0 Å². The Morgan fingerprint density at radius 2 is 1.79 bits per heavy atom. The summed E-state index contributed by atoms with van der Waals surface area (Å²) in [4.78, 5) is 24.9. The largest absolute Gasteiger partial charge is 0.507 e. The number of esters is 1. The van der Waals surface area contributed by atoms with Crippen molar-refractivity contribution >= 4 is 16.9 Å². The lowest BCUT2D eigenvalue weighted by Gasteiger charge is -2.17. The molecule has 0 saturated carbocycles. The van der Waals surface area contributed by atoms with Crippen LogP contribution in [0.2, 0.25) is 0 Å². The zero-order valence-electron chi connectivity index (χ0n) is 13.1. The van der Waals surface area contributed by atoms with Crippen LogP contribution >= 0.6 is 0 Å². The van der Waals surface area contributed by atoms with Crippen molar-refractivity contribution in [3.8, 4) is 5.75 Å². The van der Waals surface area contributed by atoms with Crippen molar-refractivity contribution in [2.24, 2.45) is 0 Å². The molecule has 3 rings (SSSR count). The number of para-hydroxylation sites is 1. The van der Waals surface area contributed by atoms with Gasteiger partial charge in [0.15, 0.2) is 0 Å². The second kappa shape index (κ2) is 6.58. The molecule has 0 amide bonds. The maximum atomic E-state index is 12.5. The molecular weight excluding hydrogens is 308 g/mol. The van der Waals surface area contributed by atoms with Crippen LogP contribution in [0.1, 0.15) is 24.0 Å². The number of ether oxygens (including phenoxy) is 1. The highest BCUT2D eigenvalue weighted by atomic mass is 16.5. The molecule has 2 aromatic carbocycles. The summed E-state index contributed by atoms with van der Waals surface area (Å²) in [7, 11) is 0. The molecule has 0 spiro atoms. The third-order valence-corrected chi connectivity index (χ3v) is 3.76. The zero-order chi connectivity index (χ0) is 17.1. The molecule has 0 fully saturated rings. The van der Waals surface area contributed by atoms with E-state index in [4.69, 9.17) is 9.15 Å². The number of carbonyl (C=O) groups is 1. The first-order valence-electron chi connectivity index (χ1n) is 7.59. The molecular formula is C19H16O5. The lowest BCUT2D eigenvalue weighted by molar-refractivity contribution is -0.143. The molecule has 0 aliphatic carbocycles. The number of hydrogen-bond acceptors (Lipinski definition) is 5. The maximum Gasteiger partial charge on any atom is 0.344 e. The van der Waals surface area contributed by atoms with Gasteiger partial charge in [-0.2, -0.15) is 0 Å². The van der Waals surface area contributed by atoms with E-state index in [-0.39, 0.29) is 23.5 Å². The average molecular weight is 324 g/mol. The van der Waals surface area contributed by atoms with Crippen LogP contribution < -0.4 is 5.63 Å². The van der Waals surface area contributed by atoms with Gasteiger partial charge in [0.2, 0.25) is 0 Å². The molecule has 1 unspecified atom stereocenters. The standard InChI is InChI=1S/C19H16O5/c1-2-23-18(21)15(12-8-4-3-5-9-12)16-17(20)13-10-6-7-11-14(13)24-19(16)22/h3-11,15,20H,2H2,1H3. The van der Waals surface area contributed by atoms with E-state index in [0.717, 1.165) is 0 Å². The number of aromatic hydroxyl groups is 1. The molecule has 0 bridgehead atoms. The maximum absolute atomic E-state index is 12.5. The highest BCUT2D eigenvalue weighted by Gasteiger charge is 2.31. The number of fused-ring (bicyclic) bond motifs is 1. The molecule has 24 heavy (non-hydrogen) atoms. The lowest BCUT2D eigenvalue weighted by atomic mass is 9.91. The minimum atomic E-state index is -1.05. The summed E-state index contributed by atoms with van der Waals surface area (Å²) in [6.07, 6.45) is 0. The zero-order valence-corrected chi connectivity index (χ0v) is 13.1. The van der Waals surface area contributed by atoms with Gasteiger partial charge < -0.3 is 14.3 Å². The Morgan fingerprint density at radius 3 is 2.50 bits per heavy atom. The molecule has 1 aromatic heterocycles. The Bertz CT molecular complexity index is 927. The van der Waals surface area contributed by atoms with E-state index in [2.05, 4.69) is 0 Å². The molecule has 0 aliphatic rings. The van der Waals surface area contributed by atoms with Crippen molar-refractivity contribution in [2.45, 2.75) is 12.8 Å². The summed E-state index contributed by atoms with van der Waals surface area (Å²) in [5.74, 6) is -1.92. The molecule has 5 heteroatoms. The first-order chi connectivity index (χ1) is 11.6. The van der Waals surface area contributed by atoms with Gasteiger partial charge in [-0.1, -0.05) is 42.5 Å². The fourth-order valence-electron chi connectivity index (χ4n) is 2.69. The summed E-state index contributed by atoms with van der Waals surface area (Å²) in [6.45, 7) is 1.85. The fourth-order valence-corrected chi connectivity index (χ4v) is 2.69. The third kappa shape index (κ3) is 2.76. The van der Waals surface area contributed by atoms with Crippen LogP contribution in [0.5, 0.6) is 5.75 Å². The van der Waals surface area contributed by atoms with Crippen LogP contribution in [-0.4, -0.2) is 17.7 Å². The van der Waals surface area contributed by atoms with Crippen LogP contribution in [0.25, 0.3) is 11.0 Å². The molecule has 5 nitrogen and oxygen atoms in total. The van der Waals surface area contributed by atoms with Gasteiger partial charge in [0.1, 0.15) is 17.3 Å². The van der Waals surface area contributed by atoms with Gasteiger partial charge in [-0.15, -0.1) is 0 Å². The van der Waals surface area contributed by atoms with Crippen molar-refractivity contribution in [2.75, 3.05) is 6.61 Å². The second-order valence-corrected chi connectivity index (χ2v) is 5.24. The fraction of sp³-hybridized carbons (Fsp3) is 0.158. The second-order valence-electron chi connectivity index (χ2n) is 5.24.